The molecule has 0 aliphatic rings. The van der Waals surface area contributed by atoms with Crippen LogP contribution in [-0.2, 0) is 0 Å². The molecule has 104 valence electrons. The van der Waals surface area contributed by atoms with Crippen molar-refractivity contribution in [3.63, 3.8) is 0 Å². The van der Waals surface area contributed by atoms with Crippen LogP contribution in [0.4, 0.5) is 20.6 Å². The van der Waals surface area contributed by atoms with Gasteiger partial charge < -0.3 is 10.6 Å². The number of hydrogen-bond acceptors (Lipinski definition) is 1. The summed E-state index contributed by atoms with van der Waals surface area (Å²) in [5.41, 5.74) is 2.85. The summed E-state index contributed by atoms with van der Waals surface area (Å²) in [6.07, 6.45) is 0. The molecule has 0 aliphatic heterocycles. The van der Waals surface area contributed by atoms with Crippen LogP contribution in [0.3, 0.4) is 0 Å². The first-order chi connectivity index (χ1) is 9.47. The van der Waals surface area contributed by atoms with E-state index in [1.54, 1.807) is 12.1 Å². The van der Waals surface area contributed by atoms with Crippen LogP contribution in [0.15, 0.2) is 40.9 Å². The van der Waals surface area contributed by atoms with Crippen LogP contribution in [0.2, 0.25) is 0 Å². The summed E-state index contributed by atoms with van der Waals surface area (Å²) in [6, 6.07) is 9.25. The maximum Gasteiger partial charge on any atom is 0.323 e. The van der Waals surface area contributed by atoms with Gasteiger partial charge in [0, 0.05) is 10.2 Å². The molecule has 0 saturated heterocycles. The van der Waals surface area contributed by atoms with Gasteiger partial charge in [-0.2, -0.15) is 0 Å². The van der Waals surface area contributed by atoms with Crippen LogP contribution < -0.4 is 10.6 Å². The third-order valence-corrected chi connectivity index (χ3v) is 4.07. The molecule has 20 heavy (non-hydrogen) atoms. The van der Waals surface area contributed by atoms with E-state index < -0.39 is 11.8 Å². The number of urea groups is 1. The Bertz CT molecular complexity index is 635. The highest BCUT2D eigenvalue weighted by atomic mass is 79.9. The number of hydrogen-bond donors (Lipinski definition) is 2. The van der Waals surface area contributed by atoms with Crippen LogP contribution in [0.1, 0.15) is 11.1 Å². The third kappa shape index (κ3) is 3.36. The Morgan fingerprint density at radius 3 is 2.30 bits per heavy atom. The molecular formula is C15H14BrFN2O. The van der Waals surface area contributed by atoms with Gasteiger partial charge in [-0.3, -0.25) is 0 Å². The predicted molar refractivity (Wildman–Crippen MR) is 82.7 cm³/mol. The van der Waals surface area contributed by atoms with E-state index in [4.69, 9.17) is 0 Å². The third-order valence-electron chi connectivity index (χ3n) is 2.82. The molecule has 3 nitrogen and oxygen atoms in total. The minimum Gasteiger partial charge on any atom is -0.308 e. The number of anilines is 2. The van der Waals surface area contributed by atoms with Gasteiger partial charge >= 0.3 is 6.03 Å². The second-order valence-corrected chi connectivity index (χ2v) is 5.28. The Balaban J connectivity index is 2.11. The van der Waals surface area contributed by atoms with Crippen molar-refractivity contribution in [1.82, 2.24) is 0 Å². The molecule has 0 aromatic heterocycles. The summed E-state index contributed by atoms with van der Waals surface area (Å²) in [5, 5.41) is 5.16. The number of nitrogens with one attached hydrogen (secondary N) is 2. The van der Waals surface area contributed by atoms with E-state index in [0.29, 0.717) is 5.69 Å². The Kier molecular flexibility index (Phi) is 4.39. The van der Waals surface area contributed by atoms with Crippen molar-refractivity contribution in [3.8, 4) is 0 Å². The van der Waals surface area contributed by atoms with Crippen molar-refractivity contribution in [2.24, 2.45) is 0 Å². The van der Waals surface area contributed by atoms with Crippen LogP contribution in [0.5, 0.6) is 0 Å². The van der Waals surface area contributed by atoms with E-state index in [2.05, 4.69) is 26.6 Å². The van der Waals surface area contributed by atoms with Crippen molar-refractivity contribution < 1.29 is 9.18 Å². The molecule has 0 fully saturated rings. The first-order valence-corrected chi connectivity index (χ1v) is 6.86. The molecule has 0 unspecified atom stereocenters. The quantitative estimate of drug-likeness (QED) is 0.808. The zero-order valence-electron chi connectivity index (χ0n) is 11.1. The lowest BCUT2D eigenvalue weighted by atomic mass is 10.1. The van der Waals surface area contributed by atoms with Gasteiger partial charge in [-0.1, -0.05) is 28.1 Å². The SMILES string of the molecule is Cc1cc(NC(=O)Nc2ccccc2F)cc(C)c1Br. The van der Waals surface area contributed by atoms with E-state index in [-0.39, 0.29) is 5.69 Å². The lowest BCUT2D eigenvalue weighted by Gasteiger charge is -2.11. The number of halogens is 2. The van der Waals surface area contributed by atoms with E-state index in [1.807, 2.05) is 26.0 Å². The minimum atomic E-state index is -0.476. The van der Waals surface area contributed by atoms with Crippen LogP contribution in [0, 0.1) is 19.7 Å². The highest BCUT2D eigenvalue weighted by molar-refractivity contribution is 9.10. The summed E-state index contributed by atoms with van der Waals surface area (Å²) in [6.45, 7) is 3.88. The Hall–Kier alpha value is -1.88. The Morgan fingerprint density at radius 2 is 1.70 bits per heavy atom. The standard InChI is InChI=1S/C15H14BrFN2O/c1-9-7-11(8-10(2)14(9)16)18-15(20)19-13-6-4-3-5-12(13)17/h3-8H,1-2H3,(H2,18,19,20). The molecule has 2 rings (SSSR count). The monoisotopic (exact) mass is 336 g/mol. The molecule has 0 aliphatic carbocycles. The summed E-state index contributed by atoms with van der Waals surface area (Å²) in [4.78, 5) is 11.8. The van der Waals surface area contributed by atoms with Crippen LogP contribution in [0.25, 0.3) is 0 Å². The fourth-order valence-corrected chi connectivity index (χ4v) is 2.09. The van der Waals surface area contributed by atoms with Crippen molar-refractivity contribution in [2.45, 2.75) is 13.8 Å². The van der Waals surface area contributed by atoms with Crippen molar-refractivity contribution in [3.05, 3.63) is 57.8 Å². The molecule has 0 radical (unpaired) electrons. The number of aryl methyl sites for hydroxylation is 2. The smallest absolute Gasteiger partial charge is 0.308 e. The van der Waals surface area contributed by atoms with Gasteiger partial charge in [-0.25, -0.2) is 9.18 Å². The molecule has 0 atom stereocenters. The summed E-state index contributed by atoms with van der Waals surface area (Å²) < 4.78 is 14.4. The van der Waals surface area contributed by atoms with Crippen molar-refractivity contribution in [2.75, 3.05) is 10.6 Å². The van der Waals surface area contributed by atoms with Gasteiger partial charge in [0.2, 0.25) is 0 Å². The molecule has 0 saturated carbocycles. The number of para-hydroxylation sites is 1. The van der Waals surface area contributed by atoms with Gasteiger partial charge in [0.15, 0.2) is 0 Å². The van der Waals surface area contributed by atoms with E-state index in [9.17, 15) is 9.18 Å². The normalized spacial score (nSPS) is 10.2. The van der Waals surface area contributed by atoms with E-state index in [1.165, 1.54) is 12.1 Å². The first kappa shape index (κ1) is 14.5. The number of carbonyl (C=O) groups is 1. The second kappa shape index (κ2) is 6.05. The molecule has 0 heterocycles. The molecule has 0 bridgehead atoms. The lowest BCUT2D eigenvalue weighted by Crippen LogP contribution is -2.20. The lowest BCUT2D eigenvalue weighted by molar-refractivity contribution is 0.262. The minimum absolute atomic E-state index is 0.149. The summed E-state index contributed by atoms with van der Waals surface area (Å²) in [7, 11) is 0. The zero-order chi connectivity index (χ0) is 14.7. The van der Waals surface area contributed by atoms with Gasteiger partial charge in [0.1, 0.15) is 5.82 Å². The molecule has 2 aromatic carbocycles. The predicted octanol–water partition coefficient (Wildman–Crippen LogP) is 4.85. The average molecular weight is 337 g/mol. The van der Waals surface area contributed by atoms with E-state index >= 15 is 0 Å². The highest BCUT2D eigenvalue weighted by Crippen LogP contribution is 2.25. The topological polar surface area (TPSA) is 41.1 Å². The second-order valence-electron chi connectivity index (χ2n) is 4.48. The number of carbonyl (C=O) groups excluding carboxylic acids is 1. The fraction of sp³-hybridized carbons (Fsp3) is 0.133. The van der Waals surface area contributed by atoms with E-state index in [0.717, 1.165) is 15.6 Å². The molecule has 2 N–H and O–H groups in total. The largest absolute Gasteiger partial charge is 0.323 e. The maximum atomic E-state index is 13.4. The van der Waals surface area contributed by atoms with Gasteiger partial charge in [-0.05, 0) is 49.2 Å². The van der Waals surface area contributed by atoms with Gasteiger partial charge in [0.05, 0.1) is 5.69 Å². The fourth-order valence-electron chi connectivity index (χ4n) is 1.87. The van der Waals surface area contributed by atoms with Crippen LogP contribution >= 0.6 is 15.9 Å². The Labute approximate surface area is 125 Å². The average Bonchev–Trinajstić information content (AvgIpc) is 2.38. The number of benzene rings is 2. The molecule has 2 aromatic rings. The molecule has 0 spiro atoms. The van der Waals surface area contributed by atoms with Gasteiger partial charge in [-0.15, -0.1) is 0 Å². The zero-order valence-corrected chi connectivity index (χ0v) is 12.7. The number of amides is 2. The maximum absolute atomic E-state index is 13.4. The molecule has 5 heteroatoms. The highest BCUT2D eigenvalue weighted by Gasteiger charge is 2.08. The summed E-state index contributed by atoms with van der Waals surface area (Å²) in [5.74, 6) is -0.467. The Morgan fingerprint density at radius 1 is 1.10 bits per heavy atom. The van der Waals surface area contributed by atoms with Crippen LogP contribution in [-0.4, -0.2) is 6.03 Å². The first-order valence-electron chi connectivity index (χ1n) is 6.06. The van der Waals surface area contributed by atoms with Crippen molar-refractivity contribution >= 4 is 33.3 Å². The number of rotatable bonds is 2. The van der Waals surface area contributed by atoms with Gasteiger partial charge in [0.25, 0.3) is 0 Å². The molecule has 2 amide bonds. The molecular weight excluding hydrogens is 323 g/mol. The van der Waals surface area contributed by atoms with Crippen molar-refractivity contribution in [1.29, 1.82) is 0 Å². The summed E-state index contributed by atoms with van der Waals surface area (Å²) >= 11 is 3.46.